The highest BCUT2D eigenvalue weighted by Gasteiger charge is 2.45. The number of nitrogens with zero attached hydrogens (tertiary/aromatic N) is 1. The van der Waals surface area contributed by atoms with Crippen LogP contribution in [-0.4, -0.2) is 11.6 Å². The van der Waals surface area contributed by atoms with Crippen molar-refractivity contribution in [2.24, 2.45) is 11.1 Å². The lowest BCUT2D eigenvalue weighted by molar-refractivity contribution is 0.0972. The van der Waals surface area contributed by atoms with Crippen LogP contribution in [0.5, 0.6) is 5.75 Å². The molecule has 0 aliphatic heterocycles. The van der Waals surface area contributed by atoms with E-state index in [0.717, 1.165) is 17.7 Å². The molecule has 0 saturated heterocycles. The van der Waals surface area contributed by atoms with Crippen LogP contribution in [0.25, 0.3) is 0 Å². The summed E-state index contributed by atoms with van der Waals surface area (Å²) in [5, 5.41) is 0. The van der Waals surface area contributed by atoms with E-state index < -0.39 is 0 Å². The van der Waals surface area contributed by atoms with Gasteiger partial charge in [-0.3, -0.25) is 4.98 Å². The number of hydrogen-bond acceptors (Lipinski definition) is 3. The van der Waals surface area contributed by atoms with Crippen molar-refractivity contribution in [1.29, 1.82) is 0 Å². The van der Waals surface area contributed by atoms with Crippen LogP contribution in [0.15, 0.2) is 18.5 Å². The SMILES string of the molecule is CCOc1cncc(C2(N)CCCCC2(C)C)c1. The van der Waals surface area contributed by atoms with Gasteiger partial charge >= 0.3 is 0 Å². The Morgan fingerprint density at radius 2 is 2.00 bits per heavy atom. The fourth-order valence-electron chi connectivity index (χ4n) is 2.98. The maximum Gasteiger partial charge on any atom is 0.137 e. The molecule has 3 heteroatoms. The zero-order valence-electron chi connectivity index (χ0n) is 11.7. The lowest BCUT2D eigenvalue weighted by Gasteiger charge is -2.48. The Kier molecular flexibility index (Phi) is 3.62. The van der Waals surface area contributed by atoms with Crippen molar-refractivity contribution in [2.75, 3.05) is 6.61 Å². The standard InChI is InChI=1S/C15H24N2O/c1-4-18-13-9-12(10-17-11-13)15(16)8-6-5-7-14(15,2)3/h9-11H,4-8,16H2,1-3H3. The minimum atomic E-state index is -0.286. The van der Waals surface area contributed by atoms with Crippen LogP contribution < -0.4 is 10.5 Å². The molecule has 1 aliphatic rings. The van der Waals surface area contributed by atoms with Crippen molar-refractivity contribution < 1.29 is 4.74 Å². The molecule has 0 spiro atoms. The molecule has 3 nitrogen and oxygen atoms in total. The highest BCUT2D eigenvalue weighted by molar-refractivity contribution is 5.31. The van der Waals surface area contributed by atoms with Gasteiger partial charge in [-0.25, -0.2) is 0 Å². The Hall–Kier alpha value is -1.09. The van der Waals surface area contributed by atoms with Crippen molar-refractivity contribution in [3.63, 3.8) is 0 Å². The van der Waals surface area contributed by atoms with Crippen molar-refractivity contribution in [1.82, 2.24) is 4.98 Å². The van der Waals surface area contributed by atoms with E-state index in [2.05, 4.69) is 24.9 Å². The number of rotatable bonds is 3. The van der Waals surface area contributed by atoms with Gasteiger partial charge in [0.2, 0.25) is 0 Å². The third-order valence-electron chi connectivity index (χ3n) is 4.37. The van der Waals surface area contributed by atoms with Crippen LogP contribution >= 0.6 is 0 Å². The van der Waals surface area contributed by atoms with Crippen molar-refractivity contribution >= 4 is 0 Å². The Bertz CT molecular complexity index is 417. The Morgan fingerprint density at radius 1 is 1.28 bits per heavy atom. The quantitative estimate of drug-likeness (QED) is 0.893. The molecule has 2 N–H and O–H groups in total. The summed E-state index contributed by atoms with van der Waals surface area (Å²) in [6.45, 7) is 7.17. The van der Waals surface area contributed by atoms with Gasteiger partial charge in [0.05, 0.1) is 12.8 Å². The fraction of sp³-hybridized carbons (Fsp3) is 0.667. The number of pyridine rings is 1. The Balaban J connectivity index is 2.36. The third-order valence-corrected chi connectivity index (χ3v) is 4.37. The van der Waals surface area contributed by atoms with Gasteiger partial charge in [-0.1, -0.05) is 26.7 Å². The zero-order valence-corrected chi connectivity index (χ0v) is 11.7. The smallest absolute Gasteiger partial charge is 0.137 e. The van der Waals surface area contributed by atoms with E-state index >= 15 is 0 Å². The molecule has 18 heavy (non-hydrogen) atoms. The van der Waals surface area contributed by atoms with Gasteiger partial charge in [-0.2, -0.15) is 0 Å². The van der Waals surface area contributed by atoms with Gasteiger partial charge in [-0.05, 0) is 36.8 Å². The van der Waals surface area contributed by atoms with E-state index in [4.69, 9.17) is 10.5 Å². The van der Waals surface area contributed by atoms with Crippen molar-refractivity contribution in [3.8, 4) is 5.75 Å². The first kappa shape index (κ1) is 13.3. The van der Waals surface area contributed by atoms with Crippen LogP contribution in [0.1, 0.15) is 52.0 Å². The molecule has 0 aromatic carbocycles. The molecule has 1 unspecified atom stereocenters. The number of hydrogen-bond donors (Lipinski definition) is 1. The highest BCUT2D eigenvalue weighted by atomic mass is 16.5. The molecule has 0 amide bonds. The van der Waals surface area contributed by atoms with Crippen LogP contribution in [-0.2, 0) is 5.54 Å². The molecule has 1 fully saturated rings. The average molecular weight is 248 g/mol. The van der Waals surface area contributed by atoms with Gasteiger partial charge in [0.25, 0.3) is 0 Å². The molecule has 1 saturated carbocycles. The maximum atomic E-state index is 6.73. The van der Waals surface area contributed by atoms with E-state index in [1.165, 1.54) is 19.3 Å². The molecule has 1 aromatic rings. The first-order valence-electron chi connectivity index (χ1n) is 6.87. The monoisotopic (exact) mass is 248 g/mol. The molecule has 0 bridgehead atoms. The third kappa shape index (κ3) is 2.24. The largest absolute Gasteiger partial charge is 0.492 e. The minimum absolute atomic E-state index is 0.109. The van der Waals surface area contributed by atoms with Gasteiger partial charge in [0.15, 0.2) is 0 Å². The van der Waals surface area contributed by atoms with Crippen molar-refractivity contribution in [3.05, 3.63) is 24.0 Å². The van der Waals surface area contributed by atoms with Gasteiger partial charge in [0.1, 0.15) is 5.75 Å². The predicted molar refractivity (Wildman–Crippen MR) is 73.5 cm³/mol. The van der Waals surface area contributed by atoms with E-state index in [1.807, 2.05) is 13.1 Å². The second-order valence-corrected chi connectivity index (χ2v) is 5.90. The van der Waals surface area contributed by atoms with Gasteiger partial charge < -0.3 is 10.5 Å². The van der Waals surface area contributed by atoms with Crippen LogP contribution in [0, 0.1) is 5.41 Å². The van der Waals surface area contributed by atoms with Gasteiger partial charge in [-0.15, -0.1) is 0 Å². The topological polar surface area (TPSA) is 48.1 Å². The zero-order chi connectivity index (χ0) is 13.2. The van der Waals surface area contributed by atoms with E-state index in [-0.39, 0.29) is 11.0 Å². The molecular weight excluding hydrogens is 224 g/mol. The molecule has 1 aliphatic carbocycles. The summed E-state index contributed by atoms with van der Waals surface area (Å²) < 4.78 is 5.53. The molecule has 2 rings (SSSR count). The molecule has 1 atom stereocenters. The maximum absolute atomic E-state index is 6.73. The minimum Gasteiger partial charge on any atom is -0.492 e. The van der Waals surface area contributed by atoms with E-state index in [1.54, 1.807) is 6.20 Å². The lowest BCUT2D eigenvalue weighted by Crippen LogP contribution is -2.51. The first-order chi connectivity index (χ1) is 8.49. The van der Waals surface area contributed by atoms with E-state index in [9.17, 15) is 0 Å². The summed E-state index contributed by atoms with van der Waals surface area (Å²) >= 11 is 0. The summed E-state index contributed by atoms with van der Waals surface area (Å²) in [5.41, 5.74) is 7.66. The summed E-state index contributed by atoms with van der Waals surface area (Å²) in [4.78, 5) is 4.28. The second-order valence-electron chi connectivity index (χ2n) is 5.90. The first-order valence-corrected chi connectivity index (χ1v) is 6.87. The predicted octanol–water partition coefficient (Wildman–Crippen LogP) is 3.23. The number of nitrogens with two attached hydrogens (primary N) is 1. The number of ether oxygens (including phenoxy) is 1. The summed E-state index contributed by atoms with van der Waals surface area (Å²) in [6.07, 6.45) is 8.31. The van der Waals surface area contributed by atoms with Crippen LogP contribution in [0.3, 0.4) is 0 Å². The van der Waals surface area contributed by atoms with Crippen LogP contribution in [0.2, 0.25) is 0 Å². The lowest BCUT2D eigenvalue weighted by atomic mass is 9.61. The molecule has 1 aromatic heterocycles. The number of aromatic nitrogens is 1. The van der Waals surface area contributed by atoms with Crippen LogP contribution in [0.4, 0.5) is 0 Å². The van der Waals surface area contributed by atoms with Crippen molar-refractivity contribution in [2.45, 2.75) is 52.0 Å². The van der Waals surface area contributed by atoms with Gasteiger partial charge in [0, 0.05) is 11.7 Å². The summed E-state index contributed by atoms with van der Waals surface area (Å²) in [6, 6.07) is 2.06. The second kappa shape index (κ2) is 4.88. The average Bonchev–Trinajstić information content (AvgIpc) is 2.34. The molecule has 100 valence electrons. The highest BCUT2D eigenvalue weighted by Crippen LogP contribution is 2.48. The molecular formula is C15H24N2O. The molecule has 0 radical (unpaired) electrons. The molecule has 1 heterocycles. The summed E-state index contributed by atoms with van der Waals surface area (Å²) in [5.74, 6) is 0.821. The Labute approximate surface area is 110 Å². The normalized spacial score (nSPS) is 26.9. The fourth-order valence-corrected chi connectivity index (χ4v) is 2.98. The van der Waals surface area contributed by atoms with E-state index in [0.29, 0.717) is 6.61 Å². The Morgan fingerprint density at radius 3 is 2.67 bits per heavy atom. The summed E-state index contributed by atoms with van der Waals surface area (Å²) in [7, 11) is 0.